The van der Waals surface area contributed by atoms with Gasteiger partial charge in [-0.25, -0.2) is 9.97 Å². The van der Waals surface area contributed by atoms with Crippen molar-refractivity contribution in [2.24, 2.45) is 0 Å². The van der Waals surface area contributed by atoms with Crippen molar-refractivity contribution in [3.8, 4) is 11.3 Å². The number of hydrogen-bond donors (Lipinski definition) is 0. The molecule has 3 heterocycles. The van der Waals surface area contributed by atoms with E-state index in [4.69, 9.17) is 4.42 Å². The second kappa shape index (κ2) is 8.67. The predicted molar refractivity (Wildman–Crippen MR) is 109 cm³/mol. The van der Waals surface area contributed by atoms with Crippen LogP contribution < -0.4 is 0 Å². The lowest BCUT2D eigenvalue weighted by Crippen LogP contribution is -2.48. The van der Waals surface area contributed by atoms with Gasteiger partial charge in [-0.2, -0.15) is 0 Å². The molecule has 0 unspecified atom stereocenters. The normalized spacial score (nSPS) is 15.1. The average Bonchev–Trinajstić information content (AvgIpc) is 3.36. The Bertz CT molecular complexity index is 913. The molecule has 146 valence electrons. The van der Waals surface area contributed by atoms with Crippen LogP contribution in [0.25, 0.3) is 11.3 Å². The van der Waals surface area contributed by atoms with Crippen LogP contribution >= 0.6 is 11.3 Å². The Kier molecular flexibility index (Phi) is 5.83. The van der Waals surface area contributed by atoms with Crippen LogP contribution in [0.3, 0.4) is 0 Å². The first-order valence-corrected chi connectivity index (χ1v) is 10.5. The number of oxazole rings is 1. The number of amides is 1. The molecule has 1 aromatic carbocycles. The highest BCUT2D eigenvalue weighted by molar-refractivity contribution is 7.09. The molecule has 3 aromatic rings. The highest BCUT2D eigenvalue weighted by Gasteiger charge is 2.22. The quantitative estimate of drug-likeness (QED) is 0.639. The fraction of sp³-hybridized carbons (Fsp3) is 0.381. The van der Waals surface area contributed by atoms with Crippen LogP contribution in [0.5, 0.6) is 0 Å². The van der Waals surface area contributed by atoms with E-state index in [0.29, 0.717) is 18.7 Å². The lowest BCUT2D eigenvalue weighted by Gasteiger charge is -2.34. The van der Waals surface area contributed by atoms with Gasteiger partial charge in [0.2, 0.25) is 5.91 Å². The molecule has 1 fully saturated rings. The van der Waals surface area contributed by atoms with Gasteiger partial charge in [0.25, 0.3) is 0 Å². The molecule has 7 heteroatoms. The third-order valence-electron chi connectivity index (χ3n) is 4.94. The maximum absolute atomic E-state index is 12.5. The molecular weight excluding hydrogens is 372 g/mol. The molecule has 0 spiro atoms. The Morgan fingerprint density at radius 2 is 1.96 bits per heavy atom. The average molecular weight is 397 g/mol. The van der Waals surface area contributed by atoms with Crippen molar-refractivity contribution in [2.75, 3.05) is 26.2 Å². The first-order valence-electron chi connectivity index (χ1n) is 9.58. The van der Waals surface area contributed by atoms with Gasteiger partial charge in [0, 0.05) is 56.5 Å². The molecule has 1 aliphatic rings. The van der Waals surface area contributed by atoms with Gasteiger partial charge in [0.05, 0.1) is 16.9 Å². The van der Waals surface area contributed by atoms with Gasteiger partial charge in [-0.05, 0) is 6.92 Å². The second-order valence-electron chi connectivity index (χ2n) is 7.00. The minimum Gasteiger partial charge on any atom is -0.441 e. The number of hydrogen-bond acceptors (Lipinski definition) is 6. The van der Waals surface area contributed by atoms with Gasteiger partial charge in [0.1, 0.15) is 0 Å². The fourth-order valence-electron chi connectivity index (χ4n) is 3.40. The fourth-order valence-corrected chi connectivity index (χ4v) is 4.00. The largest absolute Gasteiger partial charge is 0.441 e. The van der Waals surface area contributed by atoms with Gasteiger partial charge in [-0.15, -0.1) is 11.3 Å². The van der Waals surface area contributed by atoms with E-state index in [1.54, 1.807) is 17.5 Å². The minimum atomic E-state index is 0.170. The molecule has 6 nitrogen and oxygen atoms in total. The van der Waals surface area contributed by atoms with E-state index in [1.165, 1.54) is 0 Å². The zero-order valence-corrected chi connectivity index (χ0v) is 16.8. The first kappa shape index (κ1) is 18.8. The number of benzene rings is 1. The van der Waals surface area contributed by atoms with Crippen LogP contribution in [-0.2, 0) is 17.8 Å². The second-order valence-corrected chi connectivity index (χ2v) is 8.06. The molecule has 0 saturated carbocycles. The number of nitrogens with zero attached hydrogens (tertiary/aromatic N) is 4. The Morgan fingerprint density at radius 1 is 1.18 bits per heavy atom. The van der Waals surface area contributed by atoms with Crippen molar-refractivity contribution in [1.29, 1.82) is 0 Å². The smallest absolute Gasteiger partial charge is 0.223 e. The van der Waals surface area contributed by atoms with E-state index in [9.17, 15) is 4.79 Å². The number of carbonyl (C=O) groups excluding carboxylic acids is 1. The molecule has 0 bridgehead atoms. The van der Waals surface area contributed by atoms with Crippen LogP contribution in [0.4, 0.5) is 0 Å². The van der Waals surface area contributed by atoms with E-state index >= 15 is 0 Å². The summed E-state index contributed by atoms with van der Waals surface area (Å²) in [7, 11) is 0. The van der Waals surface area contributed by atoms with Crippen molar-refractivity contribution in [1.82, 2.24) is 19.8 Å². The summed E-state index contributed by atoms with van der Waals surface area (Å²) in [6, 6.07) is 9.88. The first-order chi connectivity index (χ1) is 13.7. The number of piperazine rings is 1. The third kappa shape index (κ3) is 4.66. The summed E-state index contributed by atoms with van der Waals surface area (Å²) in [6.45, 7) is 6.21. The lowest BCUT2D eigenvalue weighted by atomic mass is 10.2. The molecule has 2 aromatic heterocycles. The highest BCUT2D eigenvalue weighted by Crippen LogP contribution is 2.20. The summed E-state index contributed by atoms with van der Waals surface area (Å²) >= 11 is 1.69. The van der Waals surface area contributed by atoms with E-state index in [-0.39, 0.29) is 5.91 Å². The predicted octanol–water partition coefficient (Wildman–Crippen LogP) is 3.38. The molecule has 0 aliphatic carbocycles. The molecule has 0 N–H and O–H groups in total. The van der Waals surface area contributed by atoms with Crippen LogP contribution in [0.1, 0.15) is 23.0 Å². The Morgan fingerprint density at radius 3 is 2.68 bits per heavy atom. The van der Waals surface area contributed by atoms with E-state index < -0.39 is 0 Å². The minimum absolute atomic E-state index is 0.170. The lowest BCUT2D eigenvalue weighted by molar-refractivity contribution is -0.133. The number of thiazole rings is 1. The maximum atomic E-state index is 12.5. The zero-order chi connectivity index (χ0) is 19.3. The maximum Gasteiger partial charge on any atom is 0.223 e. The molecule has 1 amide bonds. The van der Waals surface area contributed by atoms with Crippen LogP contribution in [0, 0.1) is 6.92 Å². The van der Waals surface area contributed by atoms with E-state index in [1.807, 2.05) is 42.2 Å². The highest BCUT2D eigenvalue weighted by atomic mass is 32.1. The molecule has 1 saturated heterocycles. The molecule has 1 aliphatic heterocycles. The van der Waals surface area contributed by atoms with Crippen molar-refractivity contribution < 1.29 is 9.21 Å². The summed E-state index contributed by atoms with van der Waals surface area (Å²) in [5, 5.41) is 3.22. The van der Waals surface area contributed by atoms with Crippen molar-refractivity contribution in [3.63, 3.8) is 0 Å². The number of aryl methyl sites for hydroxylation is 2. The summed E-state index contributed by atoms with van der Waals surface area (Å²) in [4.78, 5) is 25.7. The number of aromatic nitrogens is 2. The molecule has 0 radical (unpaired) electrons. The summed E-state index contributed by atoms with van der Waals surface area (Å²) in [5.74, 6) is 1.53. The SMILES string of the molecule is Cc1nc(CN2CCN(C(=O)CCc3ncc(-c4ccccc4)o3)CC2)cs1. The molecule has 28 heavy (non-hydrogen) atoms. The summed E-state index contributed by atoms with van der Waals surface area (Å²) < 4.78 is 5.80. The van der Waals surface area contributed by atoms with Gasteiger partial charge in [-0.3, -0.25) is 9.69 Å². The Balaban J connectivity index is 1.23. The van der Waals surface area contributed by atoms with Crippen LogP contribution in [-0.4, -0.2) is 51.9 Å². The molecule has 0 atom stereocenters. The Labute approximate surface area is 168 Å². The van der Waals surface area contributed by atoms with Gasteiger partial charge >= 0.3 is 0 Å². The zero-order valence-electron chi connectivity index (χ0n) is 16.0. The standard InChI is InChI=1S/C21H24N4O2S/c1-16-23-18(15-28-16)14-24-9-11-25(12-10-24)21(26)8-7-20-22-13-19(27-20)17-5-3-2-4-6-17/h2-6,13,15H,7-12,14H2,1H3. The number of rotatable bonds is 6. The van der Waals surface area contributed by atoms with Gasteiger partial charge in [-0.1, -0.05) is 30.3 Å². The third-order valence-corrected chi connectivity index (χ3v) is 5.76. The number of carbonyl (C=O) groups is 1. The molecule has 4 rings (SSSR count). The summed E-state index contributed by atoms with van der Waals surface area (Å²) in [6.07, 6.45) is 2.69. The van der Waals surface area contributed by atoms with Crippen molar-refractivity contribution in [2.45, 2.75) is 26.3 Å². The van der Waals surface area contributed by atoms with E-state index in [2.05, 4.69) is 20.2 Å². The van der Waals surface area contributed by atoms with E-state index in [0.717, 1.165) is 54.7 Å². The topological polar surface area (TPSA) is 62.5 Å². The van der Waals surface area contributed by atoms with Crippen LogP contribution in [0.15, 0.2) is 46.3 Å². The summed E-state index contributed by atoms with van der Waals surface area (Å²) in [5.41, 5.74) is 2.12. The van der Waals surface area contributed by atoms with Crippen molar-refractivity contribution >= 4 is 17.2 Å². The van der Waals surface area contributed by atoms with Crippen molar-refractivity contribution in [3.05, 3.63) is 58.5 Å². The molecular formula is C21H24N4O2S. The monoisotopic (exact) mass is 396 g/mol. The van der Waals surface area contributed by atoms with Crippen LogP contribution in [0.2, 0.25) is 0 Å². The van der Waals surface area contributed by atoms with Gasteiger partial charge < -0.3 is 9.32 Å². The van der Waals surface area contributed by atoms with Gasteiger partial charge in [0.15, 0.2) is 11.7 Å². The Hall–Kier alpha value is -2.51.